The third-order valence-corrected chi connectivity index (χ3v) is 6.06. The van der Waals surface area contributed by atoms with Crippen molar-refractivity contribution in [2.24, 2.45) is 0 Å². The molecule has 0 saturated heterocycles. The number of pyridine rings is 1. The Balaban J connectivity index is 1.86. The number of rotatable bonds is 7. The second kappa shape index (κ2) is 9.71. The number of methoxy groups -OCH3 is 2. The normalized spacial score (nSPS) is 10.7. The Hall–Kier alpha value is -3.24. The van der Waals surface area contributed by atoms with Gasteiger partial charge in [-0.15, -0.1) is 0 Å². The fraction of sp³-hybridized carbons (Fsp3) is 0.148. The van der Waals surface area contributed by atoms with E-state index in [-0.39, 0.29) is 0 Å². The Morgan fingerprint density at radius 3 is 1.94 bits per heavy atom. The summed E-state index contributed by atoms with van der Waals surface area (Å²) in [5.41, 5.74) is 5.96. The van der Waals surface area contributed by atoms with Crippen molar-refractivity contribution in [2.45, 2.75) is 11.6 Å². The largest absolute Gasteiger partial charge is 0.493 e. The quantitative estimate of drug-likeness (QED) is 0.262. The van der Waals surface area contributed by atoms with Crippen LogP contribution in [0.4, 0.5) is 0 Å². The Morgan fingerprint density at radius 2 is 1.32 bits per heavy atom. The van der Waals surface area contributed by atoms with Crippen molar-refractivity contribution in [3.05, 3.63) is 96.6 Å². The molecule has 0 aliphatic carbocycles. The van der Waals surface area contributed by atoms with Gasteiger partial charge < -0.3 is 9.47 Å². The summed E-state index contributed by atoms with van der Waals surface area (Å²) in [6.07, 6.45) is 2.13. The van der Waals surface area contributed by atoms with Crippen LogP contribution in [0.15, 0.2) is 96.0 Å². The van der Waals surface area contributed by atoms with E-state index >= 15 is 0 Å². The molecule has 31 heavy (non-hydrogen) atoms. The zero-order valence-electron chi connectivity index (χ0n) is 18.0. The van der Waals surface area contributed by atoms with E-state index < -0.39 is 0 Å². The van der Waals surface area contributed by atoms with Gasteiger partial charge in [-0.3, -0.25) is 0 Å². The second-order valence-electron chi connectivity index (χ2n) is 7.18. The molecule has 1 aromatic heterocycles. The first-order valence-electron chi connectivity index (χ1n) is 10.2. The van der Waals surface area contributed by atoms with Crippen molar-refractivity contribution in [3.63, 3.8) is 0 Å². The lowest BCUT2D eigenvalue weighted by Gasteiger charge is -2.13. The summed E-state index contributed by atoms with van der Waals surface area (Å²) in [5, 5.41) is 1.20. The third kappa shape index (κ3) is 4.59. The molecular weight excluding hydrogens is 402 g/mol. The maximum Gasteiger partial charge on any atom is 0.241 e. The van der Waals surface area contributed by atoms with Gasteiger partial charge in [0.15, 0.2) is 18.0 Å². The van der Waals surface area contributed by atoms with Crippen LogP contribution in [0, 0.1) is 0 Å². The van der Waals surface area contributed by atoms with Gasteiger partial charge in [0.1, 0.15) is 0 Å². The van der Waals surface area contributed by atoms with Crippen LogP contribution in [0.2, 0.25) is 0 Å². The molecule has 4 heteroatoms. The Kier molecular flexibility index (Phi) is 6.58. The molecule has 0 N–H and O–H groups in total. The molecule has 0 saturated carbocycles. The lowest BCUT2D eigenvalue weighted by molar-refractivity contribution is -0.714. The number of hydrogen-bond donors (Lipinski definition) is 0. The molecule has 0 amide bonds. The lowest BCUT2D eigenvalue weighted by atomic mass is 10.0. The fourth-order valence-electron chi connectivity index (χ4n) is 3.74. The zero-order valence-corrected chi connectivity index (χ0v) is 18.9. The minimum atomic E-state index is 0.732. The van der Waals surface area contributed by atoms with Crippen molar-refractivity contribution in [3.8, 4) is 33.9 Å². The van der Waals surface area contributed by atoms with Gasteiger partial charge in [0, 0.05) is 23.3 Å². The van der Waals surface area contributed by atoms with E-state index in [4.69, 9.17) is 9.47 Å². The molecule has 3 nitrogen and oxygen atoms in total. The number of benzene rings is 3. The predicted molar refractivity (Wildman–Crippen MR) is 128 cm³/mol. The van der Waals surface area contributed by atoms with Gasteiger partial charge in [-0.1, -0.05) is 60.3 Å². The van der Waals surface area contributed by atoms with Crippen LogP contribution in [-0.4, -0.2) is 20.5 Å². The monoisotopic (exact) mass is 428 g/mol. The summed E-state index contributed by atoms with van der Waals surface area (Å²) in [7, 11) is 3.33. The molecule has 1 heterocycles. The number of nitrogens with zero attached hydrogens (tertiary/aromatic N) is 1. The highest BCUT2D eigenvalue weighted by molar-refractivity contribution is 7.98. The van der Waals surface area contributed by atoms with Crippen LogP contribution in [-0.2, 0) is 6.54 Å². The Labute approximate surface area is 188 Å². The highest BCUT2D eigenvalue weighted by Gasteiger charge is 2.22. The van der Waals surface area contributed by atoms with Crippen LogP contribution in [0.5, 0.6) is 11.5 Å². The molecule has 0 atom stereocenters. The molecule has 0 unspecified atom stereocenters. The topological polar surface area (TPSA) is 22.3 Å². The number of hydrogen-bond acceptors (Lipinski definition) is 3. The molecule has 0 fully saturated rings. The molecule has 3 aromatic carbocycles. The van der Waals surface area contributed by atoms with Gasteiger partial charge in [0.25, 0.3) is 0 Å². The number of thioether (sulfide) groups is 1. The maximum atomic E-state index is 5.52. The fourth-order valence-corrected chi connectivity index (χ4v) is 4.36. The molecule has 4 rings (SSSR count). The molecular formula is C27H26NO2S+. The number of ether oxygens (including phenoxy) is 2. The Bertz CT molecular complexity index is 1160. The van der Waals surface area contributed by atoms with Crippen LogP contribution in [0.25, 0.3) is 22.4 Å². The maximum absolute atomic E-state index is 5.52. The van der Waals surface area contributed by atoms with Gasteiger partial charge in [0.2, 0.25) is 10.7 Å². The molecule has 0 spiro atoms. The van der Waals surface area contributed by atoms with Crippen molar-refractivity contribution in [2.75, 3.05) is 20.5 Å². The van der Waals surface area contributed by atoms with Gasteiger partial charge >= 0.3 is 0 Å². The van der Waals surface area contributed by atoms with Crippen LogP contribution < -0.4 is 14.0 Å². The first-order chi connectivity index (χ1) is 15.2. The molecule has 0 aliphatic heterocycles. The summed E-state index contributed by atoms with van der Waals surface area (Å²) in [4.78, 5) is 0. The van der Waals surface area contributed by atoms with E-state index in [2.05, 4.69) is 95.8 Å². The van der Waals surface area contributed by atoms with E-state index in [0.29, 0.717) is 0 Å². The predicted octanol–water partition coefficient (Wildman–Crippen LogP) is 6.10. The Morgan fingerprint density at radius 1 is 0.677 bits per heavy atom. The van der Waals surface area contributed by atoms with Crippen molar-refractivity contribution >= 4 is 11.8 Å². The van der Waals surface area contributed by atoms with E-state index in [1.807, 2.05) is 6.07 Å². The second-order valence-corrected chi connectivity index (χ2v) is 8.01. The lowest BCUT2D eigenvalue weighted by Crippen LogP contribution is -2.39. The summed E-state index contributed by atoms with van der Waals surface area (Å²) in [6, 6.07) is 31.8. The first kappa shape index (κ1) is 21.0. The third-order valence-electron chi connectivity index (χ3n) is 5.30. The van der Waals surface area contributed by atoms with E-state index in [0.717, 1.165) is 23.6 Å². The SMILES string of the molecule is COc1ccc(C[n+]2c(SC)cc(-c3ccccc3)cc2-c2ccccc2)cc1OC. The van der Waals surface area contributed by atoms with Gasteiger partial charge in [0.05, 0.1) is 14.2 Å². The van der Waals surface area contributed by atoms with Crippen LogP contribution in [0.3, 0.4) is 0 Å². The highest BCUT2D eigenvalue weighted by atomic mass is 32.2. The molecule has 0 bridgehead atoms. The van der Waals surface area contributed by atoms with Crippen LogP contribution >= 0.6 is 11.8 Å². The highest BCUT2D eigenvalue weighted by Crippen LogP contribution is 2.30. The summed E-state index contributed by atoms with van der Waals surface area (Å²) >= 11 is 1.76. The minimum Gasteiger partial charge on any atom is -0.493 e. The number of aromatic nitrogens is 1. The first-order valence-corrected chi connectivity index (χ1v) is 11.4. The smallest absolute Gasteiger partial charge is 0.241 e. The van der Waals surface area contributed by atoms with E-state index in [1.165, 1.54) is 27.4 Å². The van der Waals surface area contributed by atoms with Crippen molar-refractivity contribution in [1.29, 1.82) is 0 Å². The van der Waals surface area contributed by atoms with Crippen LogP contribution in [0.1, 0.15) is 5.56 Å². The standard InChI is InChI=1S/C27H26NO2S/c1-29-25-15-14-20(16-26(25)30-2)19-28-24(22-12-8-5-9-13-22)17-23(18-27(28)31-3)21-10-6-4-7-11-21/h4-18H,19H2,1-3H3/q+1. The molecule has 0 radical (unpaired) electrons. The van der Waals surface area contributed by atoms with Crippen molar-refractivity contribution < 1.29 is 14.0 Å². The average Bonchev–Trinajstić information content (AvgIpc) is 2.85. The molecule has 4 aromatic rings. The summed E-state index contributed by atoms with van der Waals surface area (Å²) in [6.45, 7) is 0.732. The van der Waals surface area contributed by atoms with Gasteiger partial charge in [-0.05, 0) is 47.7 Å². The van der Waals surface area contributed by atoms with Gasteiger partial charge in [-0.25, -0.2) is 0 Å². The molecule has 156 valence electrons. The average molecular weight is 429 g/mol. The van der Waals surface area contributed by atoms with E-state index in [9.17, 15) is 0 Å². The minimum absolute atomic E-state index is 0.732. The van der Waals surface area contributed by atoms with Crippen molar-refractivity contribution in [1.82, 2.24) is 0 Å². The summed E-state index contributed by atoms with van der Waals surface area (Å²) in [5.74, 6) is 1.48. The van der Waals surface area contributed by atoms with E-state index in [1.54, 1.807) is 26.0 Å². The summed E-state index contributed by atoms with van der Waals surface area (Å²) < 4.78 is 13.3. The zero-order chi connectivity index (χ0) is 21.6. The molecule has 0 aliphatic rings. The van der Waals surface area contributed by atoms with Gasteiger partial charge in [-0.2, -0.15) is 4.57 Å².